The third kappa shape index (κ3) is 5.59. The highest BCUT2D eigenvalue weighted by Gasteiger charge is 2.13. The molecular weight excluding hydrogens is 368 g/mol. The highest BCUT2D eigenvalue weighted by molar-refractivity contribution is 6.05. The maximum atomic E-state index is 12.5. The Labute approximate surface area is 169 Å². The Morgan fingerprint density at radius 3 is 2.41 bits per heavy atom. The molecule has 0 unspecified atom stereocenters. The third-order valence-electron chi connectivity index (χ3n) is 4.13. The molecule has 0 aliphatic heterocycles. The van der Waals surface area contributed by atoms with Gasteiger partial charge in [0.05, 0.1) is 12.8 Å². The number of carbonyl (C=O) groups is 2. The zero-order valence-electron chi connectivity index (χ0n) is 16.3. The van der Waals surface area contributed by atoms with E-state index in [1.54, 1.807) is 36.4 Å². The van der Waals surface area contributed by atoms with E-state index in [2.05, 4.69) is 10.6 Å². The summed E-state index contributed by atoms with van der Waals surface area (Å²) < 4.78 is 10.8. The lowest BCUT2D eigenvalue weighted by molar-refractivity contribution is -0.118. The molecule has 0 heterocycles. The van der Waals surface area contributed by atoms with Crippen molar-refractivity contribution >= 4 is 23.2 Å². The summed E-state index contributed by atoms with van der Waals surface area (Å²) in [5, 5.41) is 5.55. The summed E-state index contributed by atoms with van der Waals surface area (Å²) in [7, 11) is 1.50. The molecule has 3 aromatic rings. The number of hydrogen-bond acceptors (Lipinski definition) is 4. The van der Waals surface area contributed by atoms with Gasteiger partial charge in [0.2, 0.25) is 0 Å². The lowest BCUT2D eigenvalue weighted by Crippen LogP contribution is -2.21. The molecule has 0 aliphatic carbocycles. The van der Waals surface area contributed by atoms with Crippen LogP contribution in [0.5, 0.6) is 11.5 Å². The summed E-state index contributed by atoms with van der Waals surface area (Å²) in [6, 6.07) is 21.4. The zero-order valence-corrected chi connectivity index (χ0v) is 16.3. The average Bonchev–Trinajstić information content (AvgIpc) is 2.73. The summed E-state index contributed by atoms with van der Waals surface area (Å²) in [5.41, 5.74) is 2.52. The Kier molecular flexibility index (Phi) is 6.47. The highest BCUT2D eigenvalue weighted by Crippen LogP contribution is 2.26. The van der Waals surface area contributed by atoms with E-state index in [1.807, 2.05) is 43.3 Å². The van der Waals surface area contributed by atoms with Crippen molar-refractivity contribution in [2.75, 3.05) is 24.4 Å². The Morgan fingerprint density at radius 2 is 1.69 bits per heavy atom. The fourth-order valence-electron chi connectivity index (χ4n) is 2.71. The first kappa shape index (κ1) is 19.9. The topological polar surface area (TPSA) is 76.7 Å². The largest absolute Gasteiger partial charge is 0.495 e. The molecule has 0 saturated heterocycles. The van der Waals surface area contributed by atoms with E-state index < -0.39 is 0 Å². The second-order valence-electron chi connectivity index (χ2n) is 6.39. The van der Waals surface area contributed by atoms with Gasteiger partial charge < -0.3 is 20.1 Å². The van der Waals surface area contributed by atoms with Gasteiger partial charge in [0, 0.05) is 11.3 Å². The van der Waals surface area contributed by atoms with Gasteiger partial charge in [0.15, 0.2) is 6.61 Å². The predicted octanol–water partition coefficient (Wildman–Crippen LogP) is 4.27. The molecular formula is C23H22N2O4. The number of anilines is 2. The molecule has 29 heavy (non-hydrogen) atoms. The van der Waals surface area contributed by atoms with Crippen LogP contribution in [0.15, 0.2) is 72.8 Å². The number of benzene rings is 3. The molecule has 0 fully saturated rings. The van der Waals surface area contributed by atoms with E-state index in [0.717, 1.165) is 5.56 Å². The maximum Gasteiger partial charge on any atom is 0.262 e. The van der Waals surface area contributed by atoms with Crippen molar-refractivity contribution in [2.45, 2.75) is 6.92 Å². The van der Waals surface area contributed by atoms with Crippen molar-refractivity contribution in [1.82, 2.24) is 0 Å². The number of hydrogen-bond donors (Lipinski definition) is 2. The summed E-state index contributed by atoms with van der Waals surface area (Å²) in [5.74, 6) is 0.420. The molecule has 0 atom stereocenters. The monoisotopic (exact) mass is 390 g/mol. The second-order valence-corrected chi connectivity index (χ2v) is 6.39. The van der Waals surface area contributed by atoms with Crippen molar-refractivity contribution in [3.05, 3.63) is 83.9 Å². The number of ether oxygens (including phenoxy) is 2. The smallest absolute Gasteiger partial charge is 0.262 e. The molecule has 3 rings (SSSR count). The standard InChI is InChI=1S/C23H22N2O4/c1-16-7-6-10-19(13-16)29-15-22(26)25-20-14-17(11-12-21(20)28-2)23(27)24-18-8-4-3-5-9-18/h3-14H,15H2,1-2H3,(H,24,27)(H,25,26). The highest BCUT2D eigenvalue weighted by atomic mass is 16.5. The summed E-state index contributed by atoms with van der Waals surface area (Å²) >= 11 is 0. The van der Waals surface area contributed by atoms with E-state index in [-0.39, 0.29) is 18.4 Å². The van der Waals surface area contributed by atoms with Crippen LogP contribution in [-0.4, -0.2) is 25.5 Å². The van der Waals surface area contributed by atoms with Gasteiger partial charge in [-0.05, 0) is 55.0 Å². The first-order valence-corrected chi connectivity index (χ1v) is 9.09. The van der Waals surface area contributed by atoms with Gasteiger partial charge in [-0.1, -0.05) is 30.3 Å². The zero-order chi connectivity index (χ0) is 20.6. The predicted molar refractivity (Wildman–Crippen MR) is 113 cm³/mol. The van der Waals surface area contributed by atoms with Crippen molar-refractivity contribution in [3.8, 4) is 11.5 Å². The van der Waals surface area contributed by atoms with Crippen LogP contribution >= 0.6 is 0 Å². The molecule has 0 saturated carbocycles. The fourth-order valence-corrected chi connectivity index (χ4v) is 2.71. The number of para-hydroxylation sites is 1. The number of rotatable bonds is 7. The van der Waals surface area contributed by atoms with Crippen LogP contribution in [0.2, 0.25) is 0 Å². The molecule has 3 aromatic carbocycles. The van der Waals surface area contributed by atoms with Crippen LogP contribution in [0.3, 0.4) is 0 Å². The van der Waals surface area contributed by atoms with Crippen molar-refractivity contribution in [1.29, 1.82) is 0 Å². The quantitative estimate of drug-likeness (QED) is 0.632. The van der Waals surface area contributed by atoms with Gasteiger partial charge >= 0.3 is 0 Å². The molecule has 6 nitrogen and oxygen atoms in total. The molecule has 0 spiro atoms. The van der Waals surface area contributed by atoms with Gasteiger partial charge in [-0.15, -0.1) is 0 Å². The van der Waals surface area contributed by atoms with E-state index in [1.165, 1.54) is 7.11 Å². The van der Waals surface area contributed by atoms with Gasteiger partial charge in [-0.2, -0.15) is 0 Å². The van der Waals surface area contributed by atoms with E-state index in [4.69, 9.17) is 9.47 Å². The lowest BCUT2D eigenvalue weighted by atomic mass is 10.1. The SMILES string of the molecule is COc1ccc(C(=O)Nc2ccccc2)cc1NC(=O)COc1cccc(C)c1. The first-order valence-electron chi connectivity index (χ1n) is 9.09. The summed E-state index contributed by atoms with van der Waals surface area (Å²) in [6.45, 7) is 1.79. The molecule has 0 aliphatic rings. The van der Waals surface area contributed by atoms with E-state index >= 15 is 0 Å². The number of methoxy groups -OCH3 is 1. The number of carbonyl (C=O) groups excluding carboxylic acids is 2. The van der Waals surface area contributed by atoms with Gasteiger partial charge in [-0.25, -0.2) is 0 Å². The average molecular weight is 390 g/mol. The molecule has 2 N–H and O–H groups in total. The van der Waals surface area contributed by atoms with Gasteiger partial charge in [0.25, 0.3) is 11.8 Å². The van der Waals surface area contributed by atoms with Crippen molar-refractivity contribution in [3.63, 3.8) is 0 Å². The van der Waals surface area contributed by atoms with Crippen molar-refractivity contribution < 1.29 is 19.1 Å². The summed E-state index contributed by atoms with van der Waals surface area (Å²) in [6.07, 6.45) is 0. The second kappa shape index (κ2) is 9.41. The number of amides is 2. The Bertz CT molecular complexity index is 1000. The first-order chi connectivity index (χ1) is 14.0. The van der Waals surface area contributed by atoms with Crippen LogP contribution in [0.4, 0.5) is 11.4 Å². The number of nitrogens with one attached hydrogen (secondary N) is 2. The number of aryl methyl sites for hydroxylation is 1. The van der Waals surface area contributed by atoms with E-state index in [0.29, 0.717) is 28.4 Å². The normalized spacial score (nSPS) is 10.1. The minimum Gasteiger partial charge on any atom is -0.495 e. The Morgan fingerprint density at radius 1 is 0.897 bits per heavy atom. The summed E-state index contributed by atoms with van der Waals surface area (Å²) in [4.78, 5) is 24.8. The van der Waals surface area contributed by atoms with Crippen LogP contribution in [0.1, 0.15) is 15.9 Å². The minimum absolute atomic E-state index is 0.160. The maximum absolute atomic E-state index is 12.5. The molecule has 0 radical (unpaired) electrons. The van der Waals surface area contributed by atoms with E-state index in [9.17, 15) is 9.59 Å². The third-order valence-corrected chi connectivity index (χ3v) is 4.13. The fraction of sp³-hybridized carbons (Fsp3) is 0.130. The molecule has 0 bridgehead atoms. The Hall–Kier alpha value is -3.80. The molecule has 6 heteroatoms. The van der Waals surface area contributed by atoms with Crippen LogP contribution in [0, 0.1) is 6.92 Å². The van der Waals surface area contributed by atoms with Crippen LogP contribution in [-0.2, 0) is 4.79 Å². The van der Waals surface area contributed by atoms with Crippen LogP contribution in [0.25, 0.3) is 0 Å². The Balaban J connectivity index is 1.68. The lowest BCUT2D eigenvalue weighted by Gasteiger charge is -2.13. The van der Waals surface area contributed by atoms with Crippen molar-refractivity contribution in [2.24, 2.45) is 0 Å². The molecule has 2 amide bonds. The molecule has 148 valence electrons. The molecule has 0 aromatic heterocycles. The van der Waals surface area contributed by atoms with Gasteiger partial charge in [0.1, 0.15) is 11.5 Å². The van der Waals surface area contributed by atoms with Crippen LogP contribution < -0.4 is 20.1 Å². The van der Waals surface area contributed by atoms with Gasteiger partial charge in [-0.3, -0.25) is 9.59 Å². The minimum atomic E-state index is -0.356.